The molecule has 0 saturated heterocycles. The minimum Gasteiger partial charge on any atom is -0.497 e. The van der Waals surface area contributed by atoms with Crippen LogP contribution in [0.25, 0.3) is 27.6 Å². The van der Waals surface area contributed by atoms with Crippen LogP contribution in [0.15, 0.2) is 76.7 Å². The van der Waals surface area contributed by atoms with Crippen molar-refractivity contribution in [1.82, 2.24) is 14.5 Å². The van der Waals surface area contributed by atoms with Crippen molar-refractivity contribution in [3.8, 4) is 22.9 Å². The molecule has 0 spiro atoms. The quantitative estimate of drug-likeness (QED) is 0.229. The van der Waals surface area contributed by atoms with Gasteiger partial charge in [0.15, 0.2) is 5.16 Å². The number of hydrogen-bond donors (Lipinski definition) is 2. The molecular weight excluding hydrogens is 492 g/mol. The Kier molecular flexibility index (Phi) is 6.74. The summed E-state index contributed by atoms with van der Waals surface area (Å²) in [4.78, 5) is 34.6. The molecule has 1 amide bonds. The summed E-state index contributed by atoms with van der Waals surface area (Å²) in [6.45, 7) is 0. The van der Waals surface area contributed by atoms with E-state index in [1.807, 2.05) is 24.3 Å². The number of para-hydroxylation sites is 1. The fourth-order valence-corrected chi connectivity index (χ4v) is 4.82. The van der Waals surface area contributed by atoms with E-state index < -0.39 is 0 Å². The molecule has 0 atom stereocenters. The summed E-state index contributed by atoms with van der Waals surface area (Å²) in [5.41, 5.74) is 2.64. The van der Waals surface area contributed by atoms with Crippen LogP contribution < -0.4 is 25.1 Å². The number of methoxy groups -OCH3 is 3. The zero-order valence-electron chi connectivity index (χ0n) is 20.4. The molecule has 0 saturated carbocycles. The molecule has 188 valence electrons. The first kappa shape index (κ1) is 24.3. The third-order valence-electron chi connectivity index (χ3n) is 5.84. The minimum absolute atomic E-state index is 0.0195. The van der Waals surface area contributed by atoms with Gasteiger partial charge in [-0.15, -0.1) is 0 Å². The van der Waals surface area contributed by atoms with Gasteiger partial charge in [-0.3, -0.25) is 14.2 Å². The number of benzene rings is 3. The molecule has 0 aliphatic carbocycles. The standard InChI is InChI=1S/C27H24N4O5S/c1-34-17-10-8-16(9-11-17)31-26(33)25-24(19-6-4-5-7-20(19)29-25)30-27(31)37-15-23(32)28-21-13-12-18(35-2)14-22(21)36-3/h4-14,29H,15H2,1-3H3,(H,28,32). The highest BCUT2D eigenvalue weighted by Gasteiger charge is 2.19. The van der Waals surface area contributed by atoms with Gasteiger partial charge < -0.3 is 24.5 Å². The van der Waals surface area contributed by atoms with E-state index in [0.29, 0.717) is 44.8 Å². The highest BCUT2D eigenvalue weighted by molar-refractivity contribution is 7.99. The van der Waals surface area contributed by atoms with Gasteiger partial charge in [-0.2, -0.15) is 0 Å². The van der Waals surface area contributed by atoms with E-state index in [1.54, 1.807) is 56.7 Å². The second-order valence-electron chi connectivity index (χ2n) is 8.03. The third kappa shape index (κ3) is 4.70. The summed E-state index contributed by atoms with van der Waals surface area (Å²) < 4.78 is 17.3. The van der Waals surface area contributed by atoms with Crippen molar-refractivity contribution in [3.63, 3.8) is 0 Å². The minimum atomic E-state index is -0.275. The zero-order chi connectivity index (χ0) is 25.9. The number of nitrogens with one attached hydrogen (secondary N) is 2. The number of H-pyrrole nitrogens is 1. The van der Waals surface area contributed by atoms with Crippen LogP contribution in [0.1, 0.15) is 0 Å². The van der Waals surface area contributed by atoms with Crippen molar-refractivity contribution < 1.29 is 19.0 Å². The Morgan fingerprint density at radius 3 is 2.43 bits per heavy atom. The van der Waals surface area contributed by atoms with Crippen molar-refractivity contribution in [1.29, 1.82) is 0 Å². The van der Waals surface area contributed by atoms with Gasteiger partial charge in [-0.25, -0.2) is 4.98 Å². The Labute approximate surface area is 216 Å². The molecule has 0 unspecified atom stereocenters. The van der Waals surface area contributed by atoms with Gasteiger partial charge in [-0.05, 0) is 42.5 Å². The third-order valence-corrected chi connectivity index (χ3v) is 6.78. The van der Waals surface area contributed by atoms with Gasteiger partial charge in [0.25, 0.3) is 5.56 Å². The lowest BCUT2D eigenvalue weighted by molar-refractivity contribution is -0.113. The lowest BCUT2D eigenvalue weighted by Crippen LogP contribution is -2.23. The Balaban J connectivity index is 1.51. The topological polar surface area (TPSA) is 107 Å². The summed E-state index contributed by atoms with van der Waals surface area (Å²) in [5, 5.41) is 4.09. The van der Waals surface area contributed by atoms with Crippen LogP contribution in [-0.4, -0.2) is 47.5 Å². The second kappa shape index (κ2) is 10.3. The number of nitrogens with zero attached hydrogens (tertiary/aromatic N) is 2. The second-order valence-corrected chi connectivity index (χ2v) is 8.97. The molecule has 0 aliphatic heterocycles. The molecule has 9 nitrogen and oxygen atoms in total. The number of carbonyl (C=O) groups is 1. The molecule has 37 heavy (non-hydrogen) atoms. The predicted molar refractivity (Wildman–Crippen MR) is 145 cm³/mol. The number of ether oxygens (including phenoxy) is 3. The maximum atomic E-state index is 13.7. The average Bonchev–Trinajstić information content (AvgIpc) is 3.31. The molecule has 0 bridgehead atoms. The summed E-state index contributed by atoms with van der Waals surface area (Å²) in [5.74, 6) is 1.50. The molecule has 0 radical (unpaired) electrons. The van der Waals surface area contributed by atoms with E-state index in [1.165, 1.54) is 23.4 Å². The zero-order valence-corrected chi connectivity index (χ0v) is 21.2. The van der Waals surface area contributed by atoms with E-state index in [4.69, 9.17) is 19.2 Å². The molecular formula is C27H24N4O5S. The van der Waals surface area contributed by atoms with Gasteiger partial charge in [0, 0.05) is 17.0 Å². The fourth-order valence-electron chi connectivity index (χ4n) is 4.02. The SMILES string of the molecule is COc1ccc(-n2c(SCC(=O)Nc3ccc(OC)cc3OC)nc3c([nH]c4ccccc43)c2=O)cc1. The monoisotopic (exact) mass is 516 g/mol. The van der Waals surface area contributed by atoms with Gasteiger partial charge >= 0.3 is 0 Å². The average molecular weight is 517 g/mol. The lowest BCUT2D eigenvalue weighted by Gasteiger charge is -2.14. The molecule has 5 aromatic rings. The molecule has 2 heterocycles. The first-order valence-electron chi connectivity index (χ1n) is 11.3. The van der Waals surface area contributed by atoms with E-state index >= 15 is 0 Å². The summed E-state index contributed by atoms with van der Waals surface area (Å²) in [7, 11) is 4.66. The Hall–Kier alpha value is -4.44. The van der Waals surface area contributed by atoms with Crippen molar-refractivity contribution in [2.24, 2.45) is 0 Å². The molecule has 5 rings (SSSR count). The van der Waals surface area contributed by atoms with Crippen LogP contribution in [0.5, 0.6) is 17.2 Å². The lowest BCUT2D eigenvalue weighted by atomic mass is 10.2. The van der Waals surface area contributed by atoms with Gasteiger partial charge in [0.2, 0.25) is 5.91 Å². The summed E-state index contributed by atoms with van der Waals surface area (Å²) in [6, 6.07) is 19.8. The van der Waals surface area contributed by atoms with E-state index in [2.05, 4.69) is 10.3 Å². The van der Waals surface area contributed by atoms with E-state index in [0.717, 1.165) is 10.9 Å². The number of anilines is 1. The molecule has 2 aromatic heterocycles. The molecule has 3 aromatic carbocycles. The van der Waals surface area contributed by atoms with Crippen LogP contribution in [0, 0.1) is 0 Å². The van der Waals surface area contributed by atoms with Crippen LogP contribution in [0.4, 0.5) is 5.69 Å². The van der Waals surface area contributed by atoms with Crippen molar-refractivity contribution in [3.05, 3.63) is 77.1 Å². The van der Waals surface area contributed by atoms with Gasteiger partial charge in [0.1, 0.15) is 28.3 Å². The van der Waals surface area contributed by atoms with Crippen molar-refractivity contribution in [2.75, 3.05) is 32.4 Å². The molecule has 10 heteroatoms. The van der Waals surface area contributed by atoms with Gasteiger partial charge in [-0.1, -0.05) is 30.0 Å². The predicted octanol–water partition coefficient (Wildman–Crippen LogP) is 4.62. The molecule has 0 aliphatic rings. The van der Waals surface area contributed by atoms with Crippen molar-refractivity contribution >= 4 is 45.3 Å². The molecule has 2 N–H and O–H groups in total. The Morgan fingerprint density at radius 2 is 1.70 bits per heavy atom. The Morgan fingerprint density at radius 1 is 0.973 bits per heavy atom. The number of amides is 1. The largest absolute Gasteiger partial charge is 0.497 e. The first-order chi connectivity index (χ1) is 18.0. The normalized spacial score (nSPS) is 11.0. The van der Waals surface area contributed by atoms with Crippen molar-refractivity contribution in [2.45, 2.75) is 5.16 Å². The highest BCUT2D eigenvalue weighted by Crippen LogP contribution is 2.30. The highest BCUT2D eigenvalue weighted by atomic mass is 32.2. The number of thioether (sulfide) groups is 1. The molecule has 0 fully saturated rings. The summed E-state index contributed by atoms with van der Waals surface area (Å²) >= 11 is 1.17. The number of aromatic nitrogens is 3. The fraction of sp³-hybridized carbons (Fsp3) is 0.148. The maximum Gasteiger partial charge on any atom is 0.283 e. The van der Waals surface area contributed by atoms with E-state index in [9.17, 15) is 9.59 Å². The smallest absolute Gasteiger partial charge is 0.283 e. The van der Waals surface area contributed by atoms with Crippen LogP contribution in [0.2, 0.25) is 0 Å². The first-order valence-corrected chi connectivity index (χ1v) is 12.3. The van der Waals surface area contributed by atoms with Gasteiger partial charge in [0.05, 0.1) is 38.5 Å². The summed E-state index contributed by atoms with van der Waals surface area (Å²) in [6.07, 6.45) is 0. The Bertz CT molecular complexity index is 1660. The number of hydrogen-bond acceptors (Lipinski definition) is 7. The number of carbonyl (C=O) groups excluding carboxylic acids is 1. The van der Waals surface area contributed by atoms with Crippen LogP contribution >= 0.6 is 11.8 Å². The van der Waals surface area contributed by atoms with Crippen LogP contribution in [-0.2, 0) is 4.79 Å². The number of aromatic amines is 1. The van der Waals surface area contributed by atoms with Crippen LogP contribution in [0.3, 0.4) is 0 Å². The number of fused-ring (bicyclic) bond motifs is 3. The number of rotatable bonds is 8. The maximum absolute atomic E-state index is 13.7. The van der Waals surface area contributed by atoms with E-state index in [-0.39, 0.29) is 17.2 Å².